The molecule has 0 atom stereocenters. The van der Waals surface area contributed by atoms with Crippen LogP contribution in [-0.4, -0.2) is 47.7 Å². The molecule has 0 saturated heterocycles. The summed E-state index contributed by atoms with van der Waals surface area (Å²) in [5, 5.41) is 58.5. The number of ketones is 2. The van der Waals surface area contributed by atoms with E-state index in [0.717, 1.165) is 190 Å². The number of phenolic OH excluding ortho intramolecular Hbond substituents is 6. The van der Waals surface area contributed by atoms with Gasteiger partial charge in [-0.15, -0.1) is 0 Å². The van der Waals surface area contributed by atoms with Gasteiger partial charge in [0.2, 0.25) is 0 Å². The lowest BCUT2D eigenvalue weighted by molar-refractivity contribution is -0.113. The van der Waals surface area contributed by atoms with Gasteiger partial charge in [-0.2, -0.15) is 0 Å². The largest absolute Gasteiger partial charge is 0.507 e. The quantitative estimate of drug-likeness (QED) is 0.0841. The zero-order valence-electron chi connectivity index (χ0n) is 62.1. The first kappa shape index (κ1) is 78.2. The molecule has 9 aromatic rings. The van der Waals surface area contributed by atoms with Gasteiger partial charge in [-0.05, 0) is 417 Å². The third-order valence-electron chi connectivity index (χ3n) is 17.7. The van der Waals surface area contributed by atoms with Crippen molar-refractivity contribution in [2.75, 3.05) is 0 Å². The van der Waals surface area contributed by atoms with E-state index >= 15 is 0 Å². The molecule has 0 unspecified atom stereocenters. The highest BCUT2D eigenvalue weighted by Crippen LogP contribution is 2.41. The maximum atomic E-state index is 11.7. The fraction of sp³-hybridized carbons (Fsp3) is 0.250. The molecule has 100 heavy (non-hydrogen) atoms. The maximum absolute atomic E-state index is 11.7. The average Bonchev–Trinajstić information content (AvgIpc) is 0.798. The summed E-state index contributed by atoms with van der Waals surface area (Å²) < 4.78 is 18.7. The van der Waals surface area contributed by atoms with Gasteiger partial charge in [-0.3, -0.25) is 9.59 Å². The molecule has 0 saturated carbocycles. The lowest BCUT2D eigenvalue weighted by Gasteiger charge is -2.18. The van der Waals surface area contributed by atoms with E-state index in [-0.39, 0.29) is 17.0 Å². The Morgan fingerprint density at radius 2 is 0.390 bits per heavy atom. The molecule has 11 rings (SSSR count). The normalized spacial score (nSPS) is 12.3. The molecule has 0 aliphatic heterocycles. The van der Waals surface area contributed by atoms with E-state index in [9.17, 15) is 40.2 Å². The fourth-order valence-corrected chi connectivity index (χ4v) is 12.1. The van der Waals surface area contributed by atoms with Crippen molar-refractivity contribution in [2.45, 2.75) is 152 Å². The molecule has 522 valence electrons. The molecule has 0 fully saturated rings. The summed E-state index contributed by atoms with van der Waals surface area (Å²) in [5.41, 5.74) is 25.9. The van der Waals surface area contributed by atoms with Crippen LogP contribution in [0.4, 0.5) is 0 Å². The SMILES string of the molecule is CC1=CC(=C2C=C(C)C(=O)C(C)=C2)C=C(C)C1=O.Cc1cc(Oc2c(C)cc(-c3cc(C)c(O)c(C)c3)cc2C)cc(C)c1O.Cc1cc(Oc2c(C)cc(-c3cc(C)c(Oc4cc(C)c(O)c(C)c4)c(C)c3)cc2C)cc(C)c1O.Cc1cccc(C)c1O.Cc1cccc(C)c1O.O. The van der Waals surface area contributed by atoms with Crippen LogP contribution in [0.2, 0.25) is 0 Å². The number of rotatable bonds is 8. The third-order valence-corrected chi connectivity index (χ3v) is 17.7. The number of ether oxygens (including phenoxy) is 3. The summed E-state index contributed by atoms with van der Waals surface area (Å²) in [6.07, 6.45) is 7.53. The van der Waals surface area contributed by atoms with Crippen molar-refractivity contribution in [2.24, 2.45) is 0 Å². The van der Waals surface area contributed by atoms with Crippen molar-refractivity contribution in [1.29, 1.82) is 0 Å². The van der Waals surface area contributed by atoms with Gasteiger partial charge >= 0.3 is 0 Å². The van der Waals surface area contributed by atoms with Gasteiger partial charge in [0.1, 0.15) is 69.0 Å². The number of aromatic hydroxyl groups is 6. The Morgan fingerprint density at radius 1 is 0.230 bits per heavy atom. The predicted octanol–water partition coefficient (Wildman–Crippen LogP) is 21.7. The van der Waals surface area contributed by atoms with Crippen molar-refractivity contribution in [3.05, 3.63) is 279 Å². The van der Waals surface area contributed by atoms with E-state index in [0.29, 0.717) is 34.5 Å². The minimum atomic E-state index is 0. The first-order chi connectivity index (χ1) is 46.4. The predicted molar refractivity (Wildman–Crippen MR) is 407 cm³/mol. The average molecular weight is 1350 g/mol. The summed E-state index contributed by atoms with van der Waals surface area (Å²) in [6, 6.07) is 39.4. The van der Waals surface area contributed by atoms with E-state index < -0.39 is 0 Å². The third kappa shape index (κ3) is 18.9. The number of allylic oxidation sites excluding steroid dienone is 10. The van der Waals surface area contributed by atoms with Crippen LogP contribution in [0, 0.1) is 125 Å². The van der Waals surface area contributed by atoms with Crippen molar-refractivity contribution in [1.82, 2.24) is 0 Å². The van der Waals surface area contributed by atoms with Crippen LogP contribution >= 0.6 is 0 Å². The van der Waals surface area contributed by atoms with Crippen molar-refractivity contribution < 1.29 is 59.9 Å². The smallest absolute Gasteiger partial charge is 0.184 e. The van der Waals surface area contributed by atoms with Crippen LogP contribution < -0.4 is 14.2 Å². The molecule has 0 bridgehead atoms. The molecule has 2 aliphatic carbocycles. The van der Waals surface area contributed by atoms with Gasteiger partial charge in [0.25, 0.3) is 0 Å². The van der Waals surface area contributed by atoms with Crippen LogP contribution in [0.1, 0.15) is 128 Å². The zero-order valence-corrected chi connectivity index (χ0v) is 62.1. The first-order valence-corrected chi connectivity index (χ1v) is 33.1. The second-order valence-corrected chi connectivity index (χ2v) is 26.7. The highest BCUT2D eigenvalue weighted by atomic mass is 16.5. The van der Waals surface area contributed by atoms with Gasteiger partial charge in [-0.25, -0.2) is 0 Å². The number of para-hydroxylation sites is 2. The molecule has 8 N–H and O–H groups in total. The van der Waals surface area contributed by atoms with Crippen molar-refractivity contribution in [3.63, 3.8) is 0 Å². The number of carbonyl (C=O) groups excluding carboxylic acids is 2. The molecular weight excluding hydrogens is 1250 g/mol. The van der Waals surface area contributed by atoms with Crippen LogP contribution in [0.25, 0.3) is 22.3 Å². The minimum Gasteiger partial charge on any atom is -0.507 e. The fourth-order valence-electron chi connectivity index (χ4n) is 12.1. The van der Waals surface area contributed by atoms with Gasteiger partial charge < -0.3 is 50.3 Å². The highest BCUT2D eigenvalue weighted by molar-refractivity contribution is 6.11. The number of Topliss-reactive ketones (excluding diaryl/α,β-unsaturated/α-hetero) is 2. The van der Waals surface area contributed by atoms with Gasteiger partial charge in [-0.1, -0.05) is 36.4 Å². The van der Waals surface area contributed by atoms with Crippen LogP contribution in [0.3, 0.4) is 0 Å². The molecule has 0 aromatic heterocycles. The first-order valence-electron chi connectivity index (χ1n) is 33.1. The standard InChI is InChI=1S/C32H34O4.C24H26O3.C16H16O2.2C8H10O.H2O/c1-17-13-27(14-18(2)29(17)33)35-31-21(5)9-25(10-22(31)6)26-11-23(7)32(24(8)12-26)36-28-15-19(3)30(34)20(4)16-28;1-13-7-19(8-14(2)22(13)25)20-9-17(5)24(18(6)10-20)27-21-11-15(3)23(26)16(4)12-21;1-9-5-13(6-10(2)15(9)17)14-7-11(3)16(18)12(4)8-14;2*1-6-4-3-5-7(2)8(6)9;/h9-16,33-34H,1-8H3;7-12,25-26H,1-6H3;5-8H,1-4H3;2*3-5,9H,1-2H3;1H2. The molecular formula is C88H98O12. The van der Waals surface area contributed by atoms with Crippen LogP contribution in [-0.2, 0) is 9.59 Å². The Balaban J connectivity index is 0.000000215. The number of hydrogen-bond acceptors (Lipinski definition) is 11. The number of phenols is 6. The van der Waals surface area contributed by atoms with Gasteiger partial charge in [0, 0.05) is 0 Å². The molecule has 2 aliphatic rings. The van der Waals surface area contributed by atoms with Crippen LogP contribution in [0.5, 0.6) is 69.0 Å². The maximum Gasteiger partial charge on any atom is 0.184 e. The summed E-state index contributed by atoms with van der Waals surface area (Å²) in [6.45, 7) is 42.2. The van der Waals surface area contributed by atoms with Gasteiger partial charge in [0.15, 0.2) is 11.6 Å². The molecule has 12 nitrogen and oxygen atoms in total. The highest BCUT2D eigenvalue weighted by Gasteiger charge is 2.20. The summed E-state index contributed by atoms with van der Waals surface area (Å²) >= 11 is 0. The lowest BCUT2D eigenvalue weighted by Crippen LogP contribution is -2.09. The molecule has 0 radical (unpaired) electrons. The number of benzene rings is 9. The molecule has 0 spiro atoms. The lowest BCUT2D eigenvalue weighted by atomic mass is 9.88. The molecule has 0 heterocycles. The number of aryl methyl sites for hydroxylation is 18. The second kappa shape index (κ2) is 33.2. The Hall–Kier alpha value is -10.8. The van der Waals surface area contributed by atoms with Crippen molar-refractivity contribution >= 4 is 11.6 Å². The Labute approximate surface area is 591 Å². The topological polar surface area (TPSA) is 215 Å². The Kier molecular flexibility index (Phi) is 25.9. The van der Waals surface area contributed by atoms with E-state index in [1.165, 1.54) is 0 Å². The monoisotopic (exact) mass is 1350 g/mol. The minimum absolute atomic E-state index is 0. The van der Waals surface area contributed by atoms with Crippen LogP contribution in [0.15, 0.2) is 179 Å². The van der Waals surface area contributed by atoms with E-state index in [2.05, 4.69) is 64.1 Å². The number of hydrogen-bond donors (Lipinski definition) is 6. The number of carbonyl (C=O) groups is 2. The van der Waals surface area contributed by atoms with E-state index in [4.69, 9.17) is 14.2 Å². The molecule has 9 aromatic carbocycles. The summed E-state index contributed by atoms with van der Waals surface area (Å²) in [4.78, 5) is 23.4. The molecule has 12 heteroatoms. The zero-order chi connectivity index (χ0) is 73.3. The second-order valence-electron chi connectivity index (χ2n) is 26.7. The summed E-state index contributed by atoms with van der Waals surface area (Å²) in [5.74, 6) is 6.92. The summed E-state index contributed by atoms with van der Waals surface area (Å²) in [7, 11) is 0. The molecule has 0 amide bonds. The van der Waals surface area contributed by atoms with E-state index in [1.54, 1.807) is 0 Å². The van der Waals surface area contributed by atoms with E-state index in [1.807, 2.05) is 234 Å². The van der Waals surface area contributed by atoms with Gasteiger partial charge in [0.05, 0.1) is 0 Å². The Bertz CT molecular complexity index is 4340. The Morgan fingerprint density at radius 3 is 0.570 bits per heavy atom. The van der Waals surface area contributed by atoms with Crippen molar-refractivity contribution in [3.8, 4) is 91.2 Å².